The molecule has 30 nitrogen and oxygen atoms in total. The second-order valence-corrected chi connectivity index (χ2v) is 23.8. The average molecular weight is 1420 g/mol. The number of ether oxygens (including phenoxy) is 5. The van der Waals surface area contributed by atoms with Crippen LogP contribution < -0.4 is 49.5 Å². The lowest BCUT2D eigenvalue weighted by molar-refractivity contribution is -0.385. The Bertz CT molecular complexity index is 3880. The summed E-state index contributed by atoms with van der Waals surface area (Å²) in [6.45, 7) is -2.28. The molecule has 2 atom stereocenters. The zero-order chi connectivity index (χ0) is 70.4. The van der Waals surface area contributed by atoms with Crippen LogP contribution in [0.2, 0.25) is 5.02 Å². The molecule has 9 N–H and O–H groups in total. The molecule has 0 fully saturated rings. The van der Waals surface area contributed by atoms with Crippen LogP contribution in [-0.2, 0) is 42.0 Å². The van der Waals surface area contributed by atoms with Crippen molar-refractivity contribution in [3.8, 4) is 35.0 Å². The second-order valence-electron chi connectivity index (χ2n) is 17.5. The van der Waals surface area contributed by atoms with Gasteiger partial charge in [-0.15, -0.1) is 0 Å². The third-order valence-electron chi connectivity index (χ3n) is 10.3. The maximum absolute atomic E-state index is 12.6. The lowest BCUT2D eigenvalue weighted by Gasteiger charge is -2.13. The van der Waals surface area contributed by atoms with Gasteiger partial charge in [-0.1, -0.05) is 41.9 Å². The van der Waals surface area contributed by atoms with Crippen molar-refractivity contribution in [2.75, 3.05) is 37.2 Å². The van der Waals surface area contributed by atoms with Crippen molar-refractivity contribution in [2.24, 2.45) is 5.73 Å². The number of hydrogen-bond donors (Lipinski definition) is 8. The SMILES string of the molecule is CCOc1cc(Oc2ccc(C(F)(F)F)cc2Cl)ccc1[N+](=O)[O-].COc1nc(C)nc(NC(=O)NS(=O)(=O)c2ccccc2CCC(F)(F)F)n1.CP(=O)(O)CCC(N)C(=O)O.O=C(Nc1nc(OC(F)F)cc(OC(F)F)n1)NS(=O)(=O)c1ccccc1C(=O)O. The molecule has 0 saturated heterocycles. The molecule has 0 aliphatic carbocycles. The van der Waals surface area contributed by atoms with E-state index in [4.69, 9.17) is 46.7 Å². The number of carbonyl (C=O) groups is 4. The quantitative estimate of drug-likeness (QED) is 0.0128. The molecular formula is C49H49ClF10N11O19PS2. The van der Waals surface area contributed by atoms with Gasteiger partial charge in [0.25, 0.3) is 20.0 Å². The Hall–Kier alpha value is -9.51. The van der Waals surface area contributed by atoms with E-state index in [1.807, 2.05) is 0 Å². The van der Waals surface area contributed by atoms with Gasteiger partial charge in [-0.2, -0.15) is 68.8 Å². The fraction of sp³-hybridized carbons (Fsp3) is 0.286. The van der Waals surface area contributed by atoms with Gasteiger partial charge in [-0.3, -0.25) is 30.1 Å². The number of benzene rings is 4. The molecule has 2 heterocycles. The molecule has 93 heavy (non-hydrogen) atoms. The largest absolute Gasteiger partial charge is 0.487 e. The first-order valence-corrected chi connectivity index (χ1v) is 30.6. The number of carboxylic acid groups (broad SMARTS) is 2. The molecule has 508 valence electrons. The summed E-state index contributed by atoms with van der Waals surface area (Å²) in [7, 11) is -11.0. The summed E-state index contributed by atoms with van der Waals surface area (Å²) >= 11 is 5.80. The van der Waals surface area contributed by atoms with E-state index in [1.165, 1.54) is 74.0 Å². The molecular weight excluding hydrogens is 1370 g/mol. The van der Waals surface area contributed by atoms with Gasteiger partial charge in [0.1, 0.15) is 28.3 Å². The number of aryl methyl sites for hydroxylation is 2. The average Bonchev–Trinajstić information content (AvgIpc) is 0.854. The normalized spacial score (nSPS) is 12.3. The molecule has 4 aromatic carbocycles. The second kappa shape index (κ2) is 34.2. The van der Waals surface area contributed by atoms with Crippen LogP contribution in [0.4, 0.5) is 71.1 Å². The van der Waals surface area contributed by atoms with Gasteiger partial charge >= 0.3 is 61.3 Å². The molecule has 4 amide bonds. The Morgan fingerprint density at radius 3 is 1.78 bits per heavy atom. The number of nitro groups is 1. The number of alkyl halides is 10. The number of amides is 4. The van der Waals surface area contributed by atoms with Gasteiger partial charge in [-0.05, 0) is 74.7 Å². The summed E-state index contributed by atoms with van der Waals surface area (Å²) in [4.78, 5) is 81.0. The molecule has 2 unspecified atom stereocenters. The molecule has 0 aliphatic rings. The number of nitro benzene ring substituents is 1. The van der Waals surface area contributed by atoms with E-state index in [0.29, 0.717) is 6.07 Å². The van der Waals surface area contributed by atoms with Crippen LogP contribution in [0.3, 0.4) is 0 Å². The van der Waals surface area contributed by atoms with Crippen LogP contribution in [0, 0.1) is 17.0 Å². The highest BCUT2D eigenvalue weighted by molar-refractivity contribution is 7.90. The number of aromatic nitrogens is 5. The van der Waals surface area contributed by atoms with Crippen LogP contribution in [0.1, 0.15) is 47.1 Å². The summed E-state index contributed by atoms with van der Waals surface area (Å²) in [5.74, 6) is -5.53. The first kappa shape index (κ1) is 77.7. The van der Waals surface area contributed by atoms with Crippen LogP contribution in [-0.4, -0.2) is 138 Å². The number of sulfonamides is 2. The number of anilines is 2. The van der Waals surface area contributed by atoms with Gasteiger partial charge < -0.3 is 44.5 Å². The summed E-state index contributed by atoms with van der Waals surface area (Å²) < 4.78 is 211. The Kier molecular flexibility index (Phi) is 28.6. The fourth-order valence-electron chi connectivity index (χ4n) is 6.47. The van der Waals surface area contributed by atoms with Crippen LogP contribution >= 0.6 is 19.0 Å². The molecule has 2 aromatic heterocycles. The van der Waals surface area contributed by atoms with Crippen LogP contribution in [0.25, 0.3) is 0 Å². The number of rotatable bonds is 23. The fourth-order valence-corrected chi connectivity index (χ4v) is 9.73. The third kappa shape index (κ3) is 27.5. The first-order valence-electron chi connectivity index (χ1n) is 25.0. The number of aromatic carboxylic acids is 1. The van der Waals surface area contributed by atoms with Crippen molar-refractivity contribution in [3.63, 3.8) is 0 Å². The van der Waals surface area contributed by atoms with E-state index >= 15 is 0 Å². The molecule has 0 aliphatic heterocycles. The van der Waals surface area contributed by atoms with Crippen LogP contribution in [0.15, 0.2) is 101 Å². The van der Waals surface area contributed by atoms with Crippen molar-refractivity contribution in [1.29, 1.82) is 0 Å². The van der Waals surface area contributed by atoms with Gasteiger partial charge in [0.2, 0.25) is 29.4 Å². The molecule has 6 aromatic rings. The Balaban J connectivity index is 0.000000338. The zero-order valence-corrected chi connectivity index (χ0v) is 50.8. The van der Waals surface area contributed by atoms with Gasteiger partial charge in [0.05, 0.1) is 45.8 Å². The van der Waals surface area contributed by atoms with Crippen molar-refractivity contribution in [3.05, 3.63) is 129 Å². The smallest absolute Gasteiger partial charge is 0.416 e. The molecule has 6 rings (SSSR count). The highest BCUT2D eigenvalue weighted by atomic mass is 35.5. The summed E-state index contributed by atoms with van der Waals surface area (Å²) in [5.41, 5.74) is 3.22. The predicted octanol–water partition coefficient (Wildman–Crippen LogP) is 9.23. The van der Waals surface area contributed by atoms with E-state index in [9.17, 15) is 94.6 Å². The Morgan fingerprint density at radius 1 is 0.763 bits per heavy atom. The van der Waals surface area contributed by atoms with Crippen molar-refractivity contribution in [1.82, 2.24) is 34.4 Å². The number of carbonyl (C=O) groups excluding carboxylic acids is 2. The minimum Gasteiger partial charge on any atom is -0.487 e. The third-order valence-corrected chi connectivity index (χ3v) is 14.6. The maximum atomic E-state index is 12.6. The highest BCUT2D eigenvalue weighted by Crippen LogP contribution is 2.39. The number of nitrogens with zero attached hydrogens (tertiary/aromatic N) is 6. The number of urea groups is 2. The Labute approximate surface area is 522 Å². The zero-order valence-electron chi connectivity index (χ0n) is 47.5. The number of nitrogens with one attached hydrogen (secondary N) is 4. The minimum atomic E-state index is -4.71. The standard InChI is InChI=1S/C15H11ClF3NO4.C15H16F3N5O4S.C14H10F4N4O7S.C5H12NO4P/c1-2-23-14-8-10(4-5-12(14)20(21)22)24-13-6-3-9(7-11(13)16)15(17,18)19;1-9-19-12(22-14(20-9)27-2)21-13(24)23-28(25,26)11-6-4-3-5-10(11)7-8-15(16,17)18;15-11(16)28-8-5-9(29-12(17)18)20-13(19-8)21-14(25)22-30(26,27)7-4-2-1-3-6(7)10(23)24;1-11(9,10)3-2-4(6)5(7)8/h3-8H,2H2,1H3;3-6H,7-8H2,1-2H3,(H2,19,20,21,22,23,24);1-5,11-12H,(H,23,24)(H2,19,20,21,22,25);4H,2-3,6H2,1H3,(H,7,8)(H,9,10). The lowest BCUT2D eigenvalue weighted by atomic mass is 10.1. The highest BCUT2D eigenvalue weighted by Gasteiger charge is 2.32. The monoisotopic (exact) mass is 1420 g/mol. The van der Waals surface area contributed by atoms with E-state index < -0.39 is 139 Å². The number of nitrogens with two attached hydrogens (primary N) is 1. The van der Waals surface area contributed by atoms with Crippen LogP contribution in [0.5, 0.6) is 35.0 Å². The van der Waals surface area contributed by atoms with E-state index in [1.54, 1.807) is 17.0 Å². The maximum Gasteiger partial charge on any atom is 0.416 e. The summed E-state index contributed by atoms with van der Waals surface area (Å²) in [5, 5.41) is 31.8. The first-order chi connectivity index (χ1) is 43.0. The number of hydrogen-bond acceptors (Lipinski definition) is 22. The van der Waals surface area contributed by atoms with E-state index in [-0.39, 0.29) is 70.5 Å². The number of methoxy groups -OCH3 is 1. The van der Waals surface area contributed by atoms with Gasteiger partial charge in [0, 0.05) is 31.4 Å². The number of carboxylic acids is 2. The molecule has 0 radical (unpaired) electrons. The molecule has 0 bridgehead atoms. The summed E-state index contributed by atoms with van der Waals surface area (Å²) in [6, 6.07) is 12.4. The van der Waals surface area contributed by atoms with E-state index in [2.05, 4.69) is 39.7 Å². The lowest BCUT2D eigenvalue weighted by Crippen LogP contribution is -2.35. The van der Waals surface area contributed by atoms with Crippen molar-refractivity contribution < 1.29 is 128 Å². The van der Waals surface area contributed by atoms with Crippen molar-refractivity contribution in [2.45, 2.75) is 74.5 Å². The topological polar surface area (TPSA) is 442 Å². The molecule has 44 heteroatoms. The Morgan fingerprint density at radius 2 is 1.30 bits per heavy atom. The van der Waals surface area contributed by atoms with E-state index in [0.717, 1.165) is 36.4 Å². The summed E-state index contributed by atoms with van der Waals surface area (Å²) in [6.07, 6.45) is -10.7. The minimum absolute atomic E-state index is 0.0111. The molecule has 0 saturated carbocycles. The van der Waals surface area contributed by atoms with Gasteiger partial charge in [0.15, 0.2) is 7.37 Å². The molecule has 0 spiro atoms. The predicted molar refractivity (Wildman–Crippen MR) is 301 cm³/mol. The van der Waals surface area contributed by atoms with Crippen molar-refractivity contribution >= 4 is 80.6 Å². The van der Waals surface area contributed by atoms with Gasteiger partial charge in [-0.25, -0.2) is 40.7 Å². The number of halogens is 11. The number of aliphatic carboxylic acids is 1.